The number of esters is 1. The Bertz CT molecular complexity index is 583. The Morgan fingerprint density at radius 1 is 1.33 bits per heavy atom. The highest BCUT2D eigenvalue weighted by molar-refractivity contribution is 7.11. The molecule has 1 N–H and O–H groups in total. The van der Waals surface area contributed by atoms with Gasteiger partial charge in [0.2, 0.25) is 0 Å². The number of aromatic nitrogens is 1. The van der Waals surface area contributed by atoms with Crippen molar-refractivity contribution in [3.63, 3.8) is 0 Å². The van der Waals surface area contributed by atoms with Crippen LogP contribution in [0.4, 0.5) is 4.79 Å². The molecule has 1 atom stereocenters. The zero-order valence-corrected chi connectivity index (χ0v) is 15.8. The smallest absolute Gasteiger partial charge is 0.407 e. The molecule has 1 amide bonds. The zero-order chi connectivity index (χ0) is 17.9. The van der Waals surface area contributed by atoms with E-state index in [1.807, 2.05) is 34.6 Å². The lowest BCUT2D eigenvalue weighted by Crippen LogP contribution is -2.41. The monoisotopic (exact) mass is 354 g/mol. The Labute approximate surface area is 146 Å². The van der Waals surface area contributed by atoms with Gasteiger partial charge in [0.15, 0.2) is 0 Å². The Hall–Kier alpha value is -1.63. The third-order valence-corrected chi connectivity index (χ3v) is 4.76. The van der Waals surface area contributed by atoms with Crippen LogP contribution in [0, 0.1) is 19.8 Å². The van der Waals surface area contributed by atoms with Crippen LogP contribution in [0.2, 0.25) is 0 Å². The molecule has 1 saturated carbocycles. The number of hydrogen-bond acceptors (Lipinski definition) is 6. The normalized spacial score (nSPS) is 15.7. The maximum Gasteiger partial charge on any atom is 0.407 e. The number of ether oxygens (including phenoxy) is 2. The SMILES string of the molecule is Cc1nc(COC(=O)C[C@@H](NC(=O)OC(C)(C)C)C2CC2)sc1C. The van der Waals surface area contributed by atoms with Gasteiger partial charge >= 0.3 is 12.1 Å². The summed E-state index contributed by atoms with van der Waals surface area (Å²) in [5.41, 5.74) is 0.410. The molecule has 2 rings (SSSR count). The van der Waals surface area contributed by atoms with Crippen molar-refractivity contribution in [3.8, 4) is 0 Å². The summed E-state index contributed by atoms with van der Waals surface area (Å²) in [7, 11) is 0. The van der Waals surface area contributed by atoms with Crippen LogP contribution in [0.3, 0.4) is 0 Å². The molecule has 1 aromatic rings. The Balaban J connectivity index is 1.81. The van der Waals surface area contributed by atoms with Gasteiger partial charge in [-0.2, -0.15) is 0 Å². The first-order valence-corrected chi connectivity index (χ1v) is 9.04. The number of thiazole rings is 1. The van der Waals surface area contributed by atoms with Crippen LogP contribution < -0.4 is 5.32 Å². The van der Waals surface area contributed by atoms with Gasteiger partial charge in [0, 0.05) is 10.9 Å². The van der Waals surface area contributed by atoms with Crippen molar-refractivity contribution in [1.82, 2.24) is 10.3 Å². The Morgan fingerprint density at radius 2 is 2.00 bits per heavy atom. The van der Waals surface area contributed by atoms with Crippen LogP contribution in [0.1, 0.15) is 55.6 Å². The summed E-state index contributed by atoms with van der Waals surface area (Å²) in [4.78, 5) is 29.5. The van der Waals surface area contributed by atoms with E-state index < -0.39 is 11.7 Å². The first-order chi connectivity index (χ1) is 11.1. The fourth-order valence-corrected chi connectivity index (χ4v) is 3.12. The maximum absolute atomic E-state index is 12.1. The van der Waals surface area contributed by atoms with E-state index in [4.69, 9.17) is 9.47 Å². The molecule has 134 valence electrons. The number of aryl methyl sites for hydroxylation is 2. The third-order valence-electron chi connectivity index (χ3n) is 3.71. The first-order valence-electron chi connectivity index (χ1n) is 8.22. The molecule has 0 saturated heterocycles. The molecule has 1 fully saturated rings. The summed E-state index contributed by atoms with van der Waals surface area (Å²) in [5.74, 6) is 0.00267. The van der Waals surface area contributed by atoms with Gasteiger partial charge in [-0.3, -0.25) is 4.79 Å². The summed E-state index contributed by atoms with van der Waals surface area (Å²) in [6.07, 6.45) is 1.70. The molecule has 24 heavy (non-hydrogen) atoms. The molecule has 1 aliphatic rings. The molecule has 0 unspecified atom stereocenters. The van der Waals surface area contributed by atoms with Gasteiger partial charge in [0.25, 0.3) is 0 Å². The quantitative estimate of drug-likeness (QED) is 0.791. The number of hydrogen-bond donors (Lipinski definition) is 1. The molecule has 0 bridgehead atoms. The fourth-order valence-electron chi connectivity index (χ4n) is 2.27. The molecule has 1 heterocycles. The van der Waals surface area contributed by atoms with Gasteiger partial charge in [-0.05, 0) is 53.4 Å². The van der Waals surface area contributed by atoms with Crippen LogP contribution in [0.5, 0.6) is 0 Å². The molecule has 0 aliphatic heterocycles. The zero-order valence-electron chi connectivity index (χ0n) is 15.0. The highest BCUT2D eigenvalue weighted by atomic mass is 32.1. The highest BCUT2D eigenvalue weighted by Gasteiger charge is 2.35. The highest BCUT2D eigenvalue weighted by Crippen LogP contribution is 2.34. The summed E-state index contributed by atoms with van der Waals surface area (Å²) < 4.78 is 10.6. The van der Waals surface area contributed by atoms with E-state index in [2.05, 4.69) is 10.3 Å². The number of carbonyl (C=O) groups excluding carboxylic acids is 2. The van der Waals surface area contributed by atoms with E-state index in [0.29, 0.717) is 5.92 Å². The number of rotatable bonds is 6. The van der Waals surface area contributed by atoms with Crippen molar-refractivity contribution in [3.05, 3.63) is 15.6 Å². The fraction of sp³-hybridized carbons (Fsp3) is 0.706. The predicted octanol–water partition coefficient (Wildman–Crippen LogP) is 3.50. The van der Waals surface area contributed by atoms with Crippen LogP contribution in [-0.4, -0.2) is 28.7 Å². The van der Waals surface area contributed by atoms with Crippen LogP contribution in [0.25, 0.3) is 0 Å². The van der Waals surface area contributed by atoms with Crippen molar-refractivity contribution >= 4 is 23.4 Å². The summed E-state index contributed by atoms with van der Waals surface area (Å²) >= 11 is 1.53. The van der Waals surface area contributed by atoms with Gasteiger partial charge in [0.05, 0.1) is 12.1 Å². The number of nitrogens with one attached hydrogen (secondary N) is 1. The molecule has 1 aromatic heterocycles. The maximum atomic E-state index is 12.1. The second kappa shape index (κ2) is 7.51. The molecule has 1 aliphatic carbocycles. The summed E-state index contributed by atoms with van der Waals surface area (Å²) in [6, 6.07) is -0.230. The van der Waals surface area contributed by atoms with E-state index >= 15 is 0 Å². The van der Waals surface area contributed by atoms with Gasteiger partial charge in [-0.15, -0.1) is 11.3 Å². The van der Waals surface area contributed by atoms with Gasteiger partial charge in [-0.25, -0.2) is 9.78 Å². The largest absolute Gasteiger partial charge is 0.458 e. The minimum atomic E-state index is -0.556. The van der Waals surface area contributed by atoms with E-state index in [-0.39, 0.29) is 25.0 Å². The minimum Gasteiger partial charge on any atom is -0.458 e. The number of nitrogens with zero attached hydrogens (tertiary/aromatic N) is 1. The topological polar surface area (TPSA) is 77.5 Å². The molecular weight excluding hydrogens is 328 g/mol. The number of amides is 1. The Kier molecular flexibility index (Phi) is 5.85. The van der Waals surface area contributed by atoms with Crippen molar-refractivity contribution in [1.29, 1.82) is 0 Å². The van der Waals surface area contributed by atoms with Crippen LogP contribution >= 0.6 is 11.3 Å². The Morgan fingerprint density at radius 3 is 2.50 bits per heavy atom. The van der Waals surface area contributed by atoms with E-state index in [0.717, 1.165) is 28.4 Å². The molecule has 0 aromatic carbocycles. The lowest BCUT2D eigenvalue weighted by molar-refractivity contribution is -0.145. The molecular formula is C17H26N2O4S. The third kappa shape index (κ3) is 6.11. The van der Waals surface area contributed by atoms with Gasteiger partial charge in [0.1, 0.15) is 17.2 Å². The second-order valence-corrected chi connectivity index (χ2v) is 8.49. The number of alkyl carbamates (subject to hydrolysis) is 1. The van der Waals surface area contributed by atoms with Gasteiger partial charge in [-0.1, -0.05) is 0 Å². The van der Waals surface area contributed by atoms with Crippen LogP contribution in [-0.2, 0) is 20.9 Å². The predicted molar refractivity (Wildman–Crippen MR) is 91.9 cm³/mol. The summed E-state index contributed by atoms with van der Waals surface area (Å²) in [5, 5.41) is 3.60. The lowest BCUT2D eigenvalue weighted by Gasteiger charge is -2.23. The van der Waals surface area contributed by atoms with E-state index in [1.165, 1.54) is 11.3 Å². The molecule has 6 nitrogen and oxygen atoms in total. The minimum absolute atomic E-state index is 0.160. The van der Waals surface area contributed by atoms with Crippen molar-refractivity contribution in [2.75, 3.05) is 0 Å². The standard InChI is InChI=1S/C17H26N2O4S/c1-10-11(2)24-14(18-10)9-22-15(20)8-13(12-6-7-12)19-16(21)23-17(3,4)5/h12-13H,6-9H2,1-5H3,(H,19,21)/t13-/m1/s1. The molecule has 0 radical (unpaired) electrons. The first kappa shape index (κ1) is 18.7. The van der Waals surface area contributed by atoms with Crippen LogP contribution in [0.15, 0.2) is 0 Å². The molecule has 7 heteroatoms. The number of carbonyl (C=O) groups is 2. The average Bonchev–Trinajstić information content (AvgIpc) is 3.21. The second-order valence-electron chi connectivity index (χ2n) is 7.20. The molecule has 0 spiro atoms. The van der Waals surface area contributed by atoms with E-state index in [1.54, 1.807) is 0 Å². The average molecular weight is 354 g/mol. The van der Waals surface area contributed by atoms with Crippen molar-refractivity contribution in [2.45, 2.75) is 72.1 Å². The lowest BCUT2D eigenvalue weighted by atomic mass is 10.1. The van der Waals surface area contributed by atoms with E-state index in [9.17, 15) is 9.59 Å². The van der Waals surface area contributed by atoms with Gasteiger partial charge < -0.3 is 14.8 Å². The van der Waals surface area contributed by atoms with Crippen molar-refractivity contribution in [2.24, 2.45) is 5.92 Å². The van der Waals surface area contributed by atoms with Crippen molar-refractivity contribution < 1.29 is 19.1 Å². The summed E-state index contributed by atoms with van der Waals surface area (Å²) in [6.45, 7) is 9.54.